The number of carbonyl (C=O) groups is 1. The van der Waals surface area contributed by atoms with Crippen LogP contribution in [0.4, 0.5) is 5.95 Å². The summed E-state index contributed by atoms with van der Waals surface area (Å²) in [5.74, 6) is 4.26. The molecule has 3 aliphatic rings. The van der Waals surface area contributed by atoms with Crippen LogP contribution in [0.25, 0.3) is 0 Å². The van der Waals surface area contributed by atoms with Crippen LogP contribution in [-0.2, 0) is 11.2 Å². The third kappa shape index (κ3) is 5.43. The molecule has 2 saturated heterocycles. The molecule has 1 saturated carbocycles. The first-order chi connectivity index (χ1) is 16.1. The molecule has 1 aromatic carbocycles. The summed E-state index contributed by atoms with van der Waals surface area (Å²) in [6.07, 6.45) is 10.2. The summed E-state index contributed by atoms with van der Waals surface area (Å²) in [5, 5.41) is 0.620. The summed E-state index contributed by atoms with van der Waals surface area (Å²) in [6.45, 7) is 6.60. The van der Waals surface area contributed by atoms with Crippen molar-refractivity contribution in [3.8, 4) is 5.75 Å². The van der Waals surface area contributed by atoms with E-state index in [1.165, 1.54) is 19.3 Å². The Bertz CT molecular complexity index is 971. The second-order valence-corrected chi connectivity index (χ2v) is 10.3. The van der Waals surface area contributed by atoms with Crippen LogP contribution in [0.1, 0.15) is 43.2 Å². The van der Waals surface area contributed by atoms with Gasteiger partial charge in [-0.3, -0.25) is 4.79 Å². The molecule has 0 spiro atoms. The number of nitrogens with zero attached hydrogens (tertiary/aromatic N) is 4. The van der Waals surface area contributed by atoms with E-state index in [1.807, 2.05) is 42.4 Å². The molecule has 0 N–H and O–H groups in total. The highest BCUT2D eigenvalue weighted by Gasteiger charge is 2.43. The second-order valence-electron chi connectivity index (χ2n) is 9.85. The molecule has 2 aromatic rings. The second kappa shape index (κ2) is 9.88. The van der Waals surface area contributed by atoms with Gasteiger partial charge in [-0.05, 0) is 80.0 Å². The molecule has 176 valence electrons. The Labute approximate surface area is 201 Å². The average molecular weight is 469 g/mol. The Hall–Kier alpha value is -2.34. The van der Waals surface area contributed by atoms with Gasteiger partial charge in [-0.2, -0.15) is 0 Å². The molecule has 1 amide bonds. The molecule has 3 heterocycles. The summed E-state index contributed by atoms with van der Waals surface area (Å²) in [6, 6.07) is 5.73. The minimum atomic E-state index is 0.161. The molecule has 0 unspecified atom stereocenters. The number of aryl methyl sites for hydroxylation is 1. The van der Waals surface area contributed by atoms with Crippen molar-refractivity contribution in [2.75, 3.05) is 37.7 Å². The highest BCUT2D eigenvalue weighted by Crippen LogP contribution is 2.49. The van der Waals surface area contributed by atoms with Crippen LogP contribution in [0.3, 0.4) is 0 Å². The lowest BCUT2D eigenvalue weighted by molar-refractivity contribution is -0.133. The van der Waals surface area contributed by atoms with Gasteiger partial charge in [0.2, 0.25) is 11.9 Å². The summed E-state index contributed by atoms with van der Waals surface area (Å²) >= 11 is 6.42. The van der Waals surface area contributed by atoms with E-state index in [4.69, 9.17) is 16.3 Å². The molecule has 6 nitrogen and oxygen atoms in total. The lowest BCUT2D eigenvalue weighted by atomic mass is 9.90. The maximum absolute atomic E-state index is 12.2. The Kier molecular flexibility index (Phi) is 6.72. The molecule has 1 aliphatic carbocycles. The van der Waals surface area contributed by atoms with Gasteiger partial charge in [0.25, 0.3) is 0 Å². The molecule has 2 aliphatic heterocycles. The number of piperidine rings is 1. The van der Waals surface area contributed by atoms with E-state index in [9.17, 15) is 4.79 Å². The number of benzene rings is 1. The Morgan fingerprint density at radius 3 is 2.58 bits per heavy atom. The quantitative estimate of drug-likeness (QED) is 0.569. The molecule has 5 rings (SSSR count). The van der Waals surface area contributed by atoms with Gasteiger partial charge in [0.1, 0.15) is 5.75 Å². The standard InChI is InChI=1S/C26H33ClN4O2/c1-18-16-28-26(29-17-18)31-10-5-19(6-11-31)23-13-20(23)7-12-33-22-4-3-21(24(27)15-22)14-25(32)30-8-2-9-30/h3-4,15-17,19-20,23H,2,5-14H2,1H3/t20-,23-/m1/s1. The summed E-state index contributed by atoms with van der Waals surface area (Å²) in [7, 11) is 0. The van der Waals surface area contributed by atoms with Crippen LogP contribution in [-0.4, -0.2) is 53.6 Å². The number of aromatic nitrogens is 2. The van der Waals surface area contributed by atoms with Crippen LogP contribution in [0.15, 0.2) is 30.6 Å². The number of ether oxygens (including phenoxy) is 1. The third-order valence-electron chi connectivity index (χ3n) is 7.50. The first-order valence-corrected chi connectivity index (χ1v) is 12.7. The van der Waals surface area contributed by atoms with Crippen molar-refractivity contribution in [2.45, 2.75) is 45.4 Å². The minimum absolute atomic E-state index is 0.161. The van der Waals surface area contributed by atoms with Crippen LogP contribution >= 0.6 is 11.6 Å². The minimum Gasteiger partial charge on any atom is -0.494 e. The smallest absolute Gasteiger partial charge is 0.227 e. The van der Waals surface area contributed by atoms with E-state index in [0.717, 1.165) is 86.2 Å². The Morgan fingerprint density at radius 2 is 1.91 bits per heavy atom. The normalized spacial score (nSPS) is 22.7. The number of halogens is 1. The van der Waals surface area contributed by atoms with Gasteiger partial charge >= 0.3 is 0 Å². The summed E-state index contributed by atoms with van der Waals surface area (Å²) in [5.41, 5.74) is 1.98. The van der Waals surface area contributed by atoms with Gasteiger partial charge in [-0.15, -0.1) is 0 Å². The number of likely N-dealkylation sites (tertiary alicyclic amines) is 1. The number of anilines is 1. The zero-order valence-electron chi connectivity index (χ0n) is 19.4. The van der Waals surface area contributed by atoms with Crippen LogP contribution < -0.4 is 9.64 Å². The molecule has 0 bridgehead atoms. The van der Waals surface area contributed by atoms with Gasteiger partial charge in [0.05, 0.1) is 13.0 Å². The van der Waals surface area contributed by atoms with Crippen molar-refractivity contribution >= 4 is 23.5 Å². The van der Waals surface area contributed by atoms with Crippen molar-refractivity contribution in [1.29, 1.82) is 0 Å². The van der Waals surface area contributed by atoms with Gasteiger partial charge in [0.15, 0.2) is 0 Å². The number of hydrogen-bond acceptors (Lipinski definition) is 5. The van der Waals surface area contributed by atoms with Crippen LogP contribution in [0, 0.1) is 24.7 Å². The van der Waals surface area contributed by atoms with E-state index in [1.54, 1.807) is 0 Å². The van der Waals surface area contributed by atoms with Gasteiger partial charge in [-0.25, -0.2) is 9.97 Å². The maximum Gasteiger partial charge on any atom is 0.227 e. The number of amides is 1. The SMILES string of the molecule is Cc1cnc(N2CCC([C@H]3C[C@H]3CCOc3ccc(CC(=O)N4CCC4)c(Cl)c3)CC2)nc1. The van der Waals surface area contributed by atoms with E-state index < -0.39 is 0 Å². The first-order valence-electron chi connectivity index (χ1n) is 12.3. The van der Waals surface area contributed by atoms with Crippen LogP contribution in [0.5, 0.6) is 5.75 Å². The zero-order chi connectivity index (χ0) is 22.8. The fraction of sp³-hybridized carbons (Fsp3) is 0.577. The van der Waals surface area contributed by atoms with Crippen molar-refractivity contribution in [3.63, 3.8) is 0 Å². The molecule has 7 heteroatoms. The lowest BCUT2D eigenvalue weighted by Crippen LogP contribution is -2.42. The third-order valence-corrected chi connectivity index (χ3v) is 7.86. The molecular weight excluding hydrogens is 436 g/mol. The number of hydrogen-bond donors (Lipinski definition) is 0. The molecule has 0 radical (unpaired) electrons. The molecule has 2 atom stereocenters. The monoisotopic (exact) mass is 468 g/mol. The summed E-state index contributed by atoms with van der Waals surface area (Å²) in [4.78, 5) is 25.3. The number of rotatable bonds is 8. The lowest BCUT2D eigenvalue weighted by Gasteiger charge is -2.32. The maximum atomic E-state index is 12.2. The van der Waals surface area contributed by atoms with Gasteiger partial charge in [-0.1, -0.05) is 17.7 Å². The molecule has 33 heavy (non-hydrogen) atoms. The average Bonchev–Trinajstić information content (AvgIpc) is 3.55. The highest BCUT2D eigenvalue weighted by molar-refractivity contribution is 6.31. The largest absolute Gasteiger partial charge is 0.494 e. The van der Waals surface area contributed by atoms with Gasteiger partial charge < -0.3 is 14.5 Å². The fourth-order valence-electron chi connectivity index (χ4n) is 5.19. The topological polar surface area (TPSA) is 58.6 Å². The molecule has 3 fully saturated rings. The first kappa shape index (κ1) is 22.5. The highest BCUT2D eigenvalue weighted by atomic mass is 35.5. The van der Waals surface area contributed by atoms with E-state index in [0.29, 0.717) is 11.4 Å². The van der Waals surface area contributed by atoms with Crippen molar-refractivity contribution in [3.05, 3.63) is 46.7 Å². The van der Waals surface area contributed by atoms with E-state index in [-0.39, 0.29) is 5.91 Å². The zero-order valence-corrected chi connectivity index (χ0v) is 20.1. The van der Waals surface area contributed by atoms with Crippen molar-refractivity contribution in [1.82, 2.24) is 14.9 Å². The van der Waals surface area contributed by atoms with Crippen molar-refractivity contribution < 1.29 is 9.53 Å². The molecule has 1 aromatic heterocycles. The van der Waals surface area contributed by atoms with Gasteiger partial charge in [0, 0.05) is 43.6 Å². The van der Waals surface area contributed by atoms with Crippen molar-refractivity contribution in [2.24, 2.45) is 17.8 Å². The summed E-state index contributed by atoms with van der Waals surface area (Å²) < 4.78 is 5.99. The predicted molar refractivity (Wildman–Crippen MR) is 130 cm³/mol. The van der Waals surface area contributed by atoms with E-state index in [2.05, 4.69) is 14.9 Å². The number of carbonyl (C=O) groups excluding carboxylic acids is 1. The predicted octanol–water partition coefficient (Wildman–Crippen LogP) is 4.53. The Balaban J connectivity index is 1.02. The Morgan fingerprint density at radius 1 is 1.15 bits per heavy atom. The molecular formula is C26H33ClN4O2. The van der Waals surface area contributed by atoms with Crippen LogP contribution in [0.2, 0.25) is 5.02 Å². The fourth-order valence-corrected chi connectivity index (χ4v) is 5.42. The van der Waals surface area contributed by atoms with E-state index >= 15 is 0 Å².